The fraction of sp³-hybridized carbons (Fsp3) is 0.500. The third-order valence-corrected chi connectivity index (χ3v) is 5.50. The van der Waals surface area contributed by atoms with Crippen LogP contribution in [-0.4, -0.2) is 39.5 Å². The van der Waals surface area contributed by atoms with Crippen molar-refractivity contribution in [3.63, 3.8) is 0 Å². The van der Waals surface area contributed by atoms with Crippen molar-refractivity contribution in [2.24, 2.45) is 5.92 Å². The van der Waals surface area contributed by atoms with Gasteiger partial charge < -0.3 is 10.2 Å². The van der Waals surface area contributed by atoms with E-state index in [1.54, 1.807) is 4.90 Å². The zero-order valence-corrected chi connectivity index (χ0v) is 16.9. The molecule has 1 aromatic heterocycles. The number of rotatable bonds is 5. The summed E-state index contributed by atoms with van der Waals surface area (Å²) in [6.07, 6.45) is 3.12. The molecule has 0 radical (unpaired) electrons. The topological polar surface area (TPSA) is 75.2 Å². The molecule has 2 amide bonds. The number of anilines is 1. The van der Waals surface area contributed by atoms with Crippen LogP contribution in [0.25, 0.3) is 10.6 Å². The van der Waals surface area contributed by atoms with Gasteiger partial charge in [-0.3, -0.25) is 9.59 Å². The van der Waals surface area contributed by atoms with Crippen LogP contribution in [-0.2, 0) is 9.59 Å². The third-order valence-electron chi connectivity index (χ3n) is 4.61. The molecule has 2 aromatic rings. The Balaban J connectivity index is 1.72. The maximum atomic E-state index is 12.9. The molecule has 1 aliphatic heterocycles. The molecule has 0 saturated carbocycles. The first-order valence-electron chi connectivity index (χ1n) is 9.45. The number of carbonyl (C=O) groups excluding carboxylic acids is 2. The summed E-state index contributed by atoms with van der Waals surface area (Å²) >= 11 is 1.52. The Labute approximate surface area is 164 Å². The smallest absolute Gasteiger partial charge is 0.247 e. The Morgan fingerprint density at radius 1 is 1.30 bits per heavy atom. The van der Waals surface area contributed by atoms with Crippen LogP contribution in [0.5, 0.6) is 0 Å². The summed E-state index contributed by atoms with van der Waals surface area (Å²) in [6, 6.07) is 7.22. The lowest BCUT2D eigenvalue weighted by atomic mass is 9.99. The van der Waals surface area contributed by atoms with Crippen LogP contribution < -0.4 is 5.32 Å². The Bertz CT molecular complexity index is 818. The second-order valence-corrected chi connectivity index (χ2v) is 8.57. The van der Waals surface area contributed by atoms with Gasteiger partial charge in [0, 0.05) is 24.2 Å². The van der Waals surface area contributed by atoms with Crippen molar-refractivity contribution in [2.75, 3.05) is 11.9 Å². The molecule has 0 aliphatic carbocycles. The van der Waals surface area contributed by atoms with Crippen molar-refractivity contribution in [1.82, 2.24) is 15.1 Å². The van der Waals surface area contributed by atoms with Crippen molar-refractivity contribution >= 4 is 28.8 Å². The molecule has 1 N–H and O–H groups in total. The third kappa shape index (κ3) is 4.91. The first-order chi connectivity index (χ1) is 12.9. The van der Waals surface area contributed by atoms with Crippen molar-refractivity contribution in [3.05, 3.63) is 29.3 Å². The summed E-state index contributed by atoms with van der Waals surface area (Å²) in [5.74, 6) is 0.246. The standard InChI is InChI=1S/C20H26N4O2S/c1-13(2)11-18(25)24-10-5-4-9-17(24)19(26)21-16-8-6-7-15(12-16)20-23-22-14(3)27-20/h6-8,12-13,17H,4-5,9-11H2,1-3H3,(H,21,26)/t17-/m0/s1. The average Bonchev–Trinajstić information content (AvgIpc) is 3.08. The monoisotopic (exact) mass is 386 g/mol. The summed E-state index contributed by atoms with van der Waals surface area (Å²) in [7, 11) is 0. The number of amides is 2. The van der Waals surface area contributed by atoms with Gasteiger partial charge in [0.2, 0.25) is 11.8 Å². The summed E-state index contributed by atoms with van der Waals surface area (Å²) < 4.78 is 0. The van der Waals surface area contributed by atoms with Gasteiger partial charge >= 0.3 is 0 Å². The molecule has 0 unspecified atom stereocenters. The fourth-order valence-corrected chi connectivity index (χ4v) is 4.03. The zero-order chi connectivity index (χ0) is 19.4. The number of hydrogen-bond acceptors (Lipinski definition) is 5. The van der Waals surface area contributed by atoms with E-state index in [1.807, 2.05) is 45.0 Å². The lowest BCUT2D eigenvalue weighted by Crippen LogP contribution is -2.50. The molecule has 1 atom stereocenters. The molecule has 2 heterocycles. The molecule has 1 aliphatic rings. The van der Waals surface area contributed by atoms with E-state index in [-0.39, 0.29) is 17.7 Å². The van der Waals surface area contributed by atoms with Crippen molar-refractivity contribution in [2.45, 2.75) is 52.5 Å². The number of piperidine rings is 1. The van der Waals surface area contributed by atoms with E-state index in [4.69, 9.17) is 0 Å². The molecule has 1 fully saturated rings. The predicted octanol–water partition coefficient (Wildman–Crippen LogP) is 3.88. The van der Waals surface area contributed by atoms with Crippen LogP contribution in [0.4, 0.5) is 5.69 Å². The van der Waals surface area contributed by atoms with Crippen LogP contribution in [0.15, 0.2) is 24.3 Å². The molecule has 0 spiro atoms. The molecule has 27 heavy (non-hydrogen) atoms. The van der Waals surface area contributed by atoms with Crippen LogP contribution in [0.2, 0.25) is 0 Å². The van der Waals surface area contributed by atoms with Gasteiger partial charge in [-0.2, -0.15) is 0 Å². The van der Waals surface area contributed by atoms with E-state index in [0.29, 0.717) is 25.1 Å². The van der Waals surface area contributed by atoms with Gasteiger partial charge in [0.25, 0.3) is 0 Å². The number of carbonyl (C=O) groups is 2. The Hall–Kier alpha value is -2.28. The maximum absolute atomic E-state index is 12.9. The van der Waals surface area contributed by atoms with Crippen LogP contribution in [0, 0.1) is 12.8 Å². The van der Waals surface area contributed by atoms with Crippen LogP contribution in [0.3, 0.4) is 0 Å². The van der Waals surface area contributed by atoms with E-state index in [1.165, 1.54) is 11.3 Å². The van der Waals surface area contributed by atoms with Crippen LogP contribution in [0.1, 0.15) is 44.5 Å². The van der Waals surface area contributed by atoms with Crippen molar-refractivity contribution in [1.29, 1.82) is 0 Å². The van der Waals surface area contributed by atoms with E-state index in [9.17, 15) is 9.59 Å². The van der Waals surface area contributed by atoms with Gasteiger partial charge in [-0.25, -0.2) is 0 Å². The number of benzene rings is 1. The SMILES string of the molecule is Cc1nnc(-c2cccc(NC(=O)[C@@H]3CCCCN3C(=O)CC(C)C)c2)s1. The van der Waals surface area contributed by atoms with E-state index < -0.39 is 6.04 Å². The number of likely N-dealkylation sites (tertiary alicyclic amines) is 1. The number of aryl methyl sites for hydroxylation is 1. The lowest BCUT2D eigenvalue weighted by Gasteiger charge is -2.35. The highest BCUT2D eigenvalue weighted by Crippen LogP contribution is 2.26. The number of nitrogens with one attached hydrogen (secondary N) is 1. The van der Waals surface area contributed by atoms with Crippen molar-refractivity contribution < 1.29 is 9.59 Å². The van der Waals surface area contributed by atoms with Gasteiger partial charge in [0.15, 0.2) is 0 Å². The quantitative estimate of drug-likeness (QED) is 0.846. The van der Waals surface area contributed by atoms with Gasteiger partial charge in [-0.05, 0) is 44.2 Å². The summed E-state index contributed by atoms with van der Waals surface area (Å²) in [4.78, 5) is 27.2. The number of nitrogens with zero attached hydrogens (tertiary/aromatic N) is 3. The predicted molar refractivity (Wildman–Crippen MR) is 108 cm³/mol. The molecular weight excluding hydrogens is 360 g/mol. The summed E-state index contributed by atoms with van der Waals surface area (Å²) in [6.45, 7) is 6.63. The second-order valence-electron chi connectivity index (χ2n) is 7.39. The largest absolute Gasteiger partial charge is 0.331 e. The van der Waals surface area contributed by atoms with Gasteiger partial charge in [-0.15, -0.1) is 10.2 Å². The molecule has 3 rings (SSSR count). The minimum atomic E-state index is -0.391. The first kappa shape index (κ1) is 19.5. The van der Waals surface area contributed by atoms with E-state index in [2.05, 4.69) is 15.5 Å². The van der Waals surface area contributed by atoms with E-state index in [0.717, 1.165) is 28.4 Å². The maximum Gasteiger partial charge on any atom is 0.247 e. The molecule has 144 valence electrons. The zero-order valence-electron chi connectivity index (χ0n) is 16.1. The number of hydrogen-bond donors (Lipinski definition) is 1. The Morgan fingerprint density at radius 3 is 2.81 bits per heavy atom. The molecule has 0 bridgehead atoms. The highest BCUT2D eigenvalue weighted by Gasteiger charge is 2.32. The summed E-state index contributed by atoms with van der Waals surface area (Å²) in [5.41, 5.74) is 1.64. The van der Waals surface area contributed by atoms with Gasteiger partial charge in [-0.1, -0.05) is 37.3 Å². The normalized spacial score (nSPS) is 17.2. The van der Waals surface area contributed by atoms with Crippen molar-refractivity contribution in [3.8, 4) is 10.6 Å². The average molecular weight is 387 g/mol. The van der Waals surface area contributed by atoms with Crippen LogP contribution >= 0.6 is 11.3 Å². The highest BCUT2D eigenvalue weighted by molar-refractivity contribution is 7.14. The second kappa shape index (κ2) is 8.61. The minimum Gasteiger partial charge on any atom is -0.331 e. The summed E-state index contributed by atoms with van der Waals surface area (Å²) in [5, 5.41) is 12.9. The minimum absolute atomic E-state index is 0.0722. The number of aromatic nitrogens is 2. The fourth-order valence-electron chi connectivity index (χ4n) is 3.34. The van der Waals surface area contributed by atoms with E-state index >= 15 is 0 Å². The Morgan fingerprint density at radius 2 is 2.11 bits per heavy atom. The molecule has 1 saturated heterocycles. The molecule has 7 heteroatoms. The lowest BCUT2D eigenvalue weighted by molar-refractivity contribution is -0.141. The first-order valence-corrected chi connectivity index (χ1v) is 10.3. The Kier molecular flexibility index (Phi) is 6.21. The highest BCUT2D eigenvalue weighted by atomic mass is 32.1. The molecule has 6 nitrogen and oxygen atoms in total. The molecule has 1 aromatic carbocycles. The van der Waals surface area contributed by atoms with Gasteiger partial charge in [0.05, 0.1) is 0 Å². The molecular formula is C20H26N4O2S. The van der Waals surface area contributed by atoms with Gasteiger partial charge in [0.1, 0.15) is 16.1 Å².